The van der Waals surface area contributed by atoms with Crippen LogP contribution in [0.2, 0.25) is 0 Å². The van der Waals surface area contributed by atoms with Crippen LogP contribution in [0.4, 0.5) is 24.9 Å². The zero-order valence-electron chi connectivity index (χ0n) is 12.2. The van der Waals surface area contributed by atoms with Gasteiger partial charge in [-0.05, 0) is 12.8 Å². The number of hydrogen-bond donors (Lipinski definition) is 3. The SMILES string of the molecule is CCOCC(Nc1cc(C(F)(F)F)nc(NN)n1)C(C)C. The number of hydrazine groups is 1. The number of anilines is 2. The number of rotatable bonds is 7. The minimum absolute atomic E-state index is 0.0451. The van der Waals surface area contributed by atoms with Crippen molar-refractivity contribution in [2.75, 3.05) is 24.0 Å². The smallest absolute Gasteiger partial charge is 0.380 e. The summed E-state index contributed by atoms with van der Waals surface area (Å²) in [4.78, 5) is 7.18. The lowest BCUT2D eigenvalue weighted by atomic mass is 10.1. The van der Waals surface area contributed by atoms with E-state index < -0.39 is 11.9 Å². The molecule has 1 rings (SSSR count). The van der Waals surface area contributed by atoms with Crippen molar-refractivity contribution in [1.82, 2.24) is 9.97 Å². The molecular weight excluding hydrogens is 287 g/mol. The molecule has 120 valence electrons. The molecule has 0 amide bonds. The molecule has 0 radical (unpaired) electrons. The highest BCUT2D eigenvalue weighted by molar-refractivity contribution is 5.43. The fraction of sp³-hybridized carbons (Fsp3) is 0.667. The molecule has 0 bridgehead atoms. The number of ether oxygens (including phenoxy) is 1. The first kappa shape index (κ1) is 17.4. The maximum Gasteiger partial charge on any atom is 0.433 e. The number of nitrogens with zero attached hydrogens (tertiary/aromatic N) is 2. The lowest BCUT2D eigenvalue weighted by Crippen LogP contribution is -2.31. The molecule has 0 aliphatic rings. The van der Waals surface area contributed by atoms with E-state index in [1.54, 1.807) is 0 Å². The van der Waals surface area contributed by atoms with E-state index in [1.807, 2.05) is 26.2 Å². The molecule has 0 spiro atoms. The molecule has 0 aliphatic carbocycles. The summed E-state index contributed by atoms with van der Waals surface area (Å²) < 4.78 is 43.6. The van der Waals surface area contributed by atoms with E-state index in [1.165, 1.54) is 0 Å². The maximum absolute atomic E-state index is 12.8. The quantitative estimate of drug-likeness (QED) is 0.529. The van der Waals surface area contributed by atoms with Gasteiger partial charge in [0.15, 0.2) is 5.69 Å². The van der Waals surface area contributed by atoms with Crippen LogP contribution in [0.3, 0.4) is 0 Å². The van der Waals surface area contributed by atoms with E-state index in [-0.39, 0.29) is 23.7 Å². The highest BCUT2D eigenvalue weighted by atomic mass is 19.4. The molecule has 0 fully saturated rings. The molecule has 9 heteroatoms. The van der Waals surface area contributed by atoms with Gasteiger partial charge in [0.1, 0.15) is 5.82 Å². The summed E-state index contributed by atoms with van der Waals surface area (Å²) >= 11 is 0. The molecule has 0 saturated heterocycles. The molecule has 0 saturated carbocycles. The van der Waals surface area contributed by atoms with Crippen molar-refractivity contribution in [1.29, 1.82) is 0 Å². The van der Waals surface area contributed by atoms with Gasteiger partial charge in [-0.1, -0.05) is 13.8 Å². The Morgan fingerprint density at radius 3 is 2.48 bits per heavy atom. The monoisotopic (exact) mass is 307 g/mol. The predicted octanol–water partition coefficient (Wildman–Crippen LogP) is 2.25. The summed E-state index contributed by atoms with van der Waals surface area (Å²) in [5.41, 5.74) is 0.969. The first-order valence-corrected chi connectivity index (χ1v) is 6.55. The second kappa shape index (κ2) is 7.41. The minimum atomic E-state index is -4.57. The van der Waals surface area contributed by atoms with Gasteiger partial charge in [0.2, 0.25) is 5.95 Å². The van der Waals surface area contributed by atoms with Crippen molar-refractivity contribution in [2.45, 2.75) is 33.0 Å². The van der Waals surface area contributed by atoms with E-state index in [9.17, 15) is 13.2 Å². The Kier molecular flexibility index (Phi) is 6.16. The van der Waals surface area contributed by atoms with Gasteiger partial charge in [-0.15, -0.1) is 0 Å². The van der Waals surface area contributed by atoms with E-state index in [2.05, 4.69) is 15.3 Å². The third-order valence-corrected chi connectivity index (χ3v) is 2.79. The number of nitrogen functional groups attached to an aromatic ring is 1. The number of hydrogen-bond acceptors (Lipinski definition) is 6. The first-order chi connectivity index (χ1) is 9.77. The van der Waals surface area contributed by atoms with Gasteiger partial charge in [-0.25, -0.2) is 10.8 Å². The van der Waals surface area contributed by atoms with Gasteiger partial charge in [-0.3, -0.25) is 5.43 Å². The fourth-order valence-electron chi connectivity index (χ4n) is 1.57. The maximum atomic E-state index is 12.8. The van der Waals surface area contributed by atoms with Crippen LogP contribution in [-0.2, 0) is 10.9 Å². The Morgan fingerprint density at radius 2 is 2.00 bits per heavy atom. The average Bonchev–Trinajstić information content (AvgIpc) is 2.41. The number of nitrogens with two attached hydrogens (primary N) is 1. The van der Waals surface area contributed by atoms with Gasteiger partial charge in [0, 0.05) is 12.7 Å². The molecule has 0 aliphatic heterocycles. The van der Waals surface area contributed by atoms with Crippen LogP contribution in [0.5, 0.6) is 0 Å². The largest absolute Gasteiger partial charge is 0.433 e. The third-order valence-electron chi connectivity index (χ3n) is 2.79. The molecule has 1 atom stereocenters. The van der Waals surface area contributed by atoms with Crippen LogP contribution >= 0.6 is 0 Å². The van der Waals surface area contributed by atoms with E-state index in [0.717, 1.165) is 6.07 Å². The van der Waals surface area contributed by atoms with Crippen LogP contribution in [0.25, 0.3) is 0 Å². The zero-order chi connectivity index (χ0) is 16.0. The van der Waals surface area contributed by atoms with Gasteiger partial charge in [0.25, 0.3) is 0 Å². The fourth-order valence-corrected chi connectivity index (χ4v) is 1.57. The number of aromatic nitrogens is 2. The summed E-state index contributed by atoms with van der Waals surface area (Å²) in [5.74, 6) is 5.00. The predicted molar refractivity (Wildman–Crippen MR) is 73.6 cm³/mol. The molecule has 4 N–H and O–H groups in total. The summed E-state index contributed by atoms with van der Waals surface area (Å²) in [5, 5.41) is 2.93. The van der Waals surface area contributed by atoms with Crippen molar-refractivity contribution in [3.05, 3.63) is 11.8 Å². The second-order valence-corrected chi connectivity index (χ2v) is 4.76. The summed E-state index contributed by atoms with van der Waals surface area (Å²) in [6.07, 6.45) is -4.57. The van der Waals surface area contributed by atoms with Crippen LogP contribution in [0, 0.1) is 5.92 Å². The third kappa shape index (κ3) is 5.35. The minimum Gasteiger partial charge on any atom is -0.380 e. The molecule has 1 heterocycles. The Labute approximate surface area is 121 Å². The highest BCUT2D eigenvalue weighted by Gasteiger charge is 2.34. The van der Waals surface area contributed by atoms with Gasteiger partial charge < -0.3 is 10.1 Å². The molecule has 1 aromatic rings. The highest BCUT2D eigenvalue weighted by Crippen LogP contribution is 2.29. The van der Waals surface area contributed by atoms with Crippen molar-refractivity contribution < 1.29 is 17.9 Å². The standard InChI is InChI=1S/C12H20F3N5O/c1-4-21-6-8(7(2)3)17-10-5-9(12(13,14)15)18-11(19-10)20-16/h5,7-8H,4,6,16H2,1-3H3,(H2,17,18,19,20). The topological polar surface area (TPSA) is 85.1 Å². The van der Waals surface area contributed by atoms with Crippen molar-refractivity contribution in [2.24, 2.45) is 11.8 Å². The van der Waals surface area contributed by atoms with Gasteiger partial charge >= 0.3 is 6.18 Å². The lowest BCUT2D eigenvalue weighted by Gasteiger charge is -2.23. The summed E-state index contributed by atoms with van der Waals surface area (Å²) in [6, 6.07) is 0.675. The number of nitrogens with one attached hydrogen (secondary N) is 2. The van der Waals surface area contributed by atoms with Crippen molar-refractivity contribution >= 4 is 11.8 Å². The summed E-state index contributed by atoms with van der Waals surface area (Å²) in [6.45, 7) is 6.61. The molecular formula is C12H20F3N5O. The normalized spacial score (nSPS) is 13.3. The van der Waals surface area contributed by atoms with E-state index in [0.29, 0.717) is 13.2 Å². The van der Waals surface area contributed by atoms with Crippen molar-refractivity contribution in [3.8, 4) is 0 Å². The van der Waals surface area contributed by atoms with Crippen LogP contribution in [0.15, 0.2) is 6.07 Å². The van der Waals surface area contributed by atoms with Crippen LogP contribution in [-0.4, -0.2) is 29.2 Å². The molecule has 1 aromatic heterocycles. The van der Waals surface area contributed by atoms with Gasteiger partial charge in [0.05, 0.1) is 12.6 Å². The Morgan fingerprint density at radius 1 is 1.33 bits per heavy atom. The zero-order valence-corrected chi connectivity index (χ0v) is 12.2. The van der Waals surface area contributed by atoms with Crippen molar-refractivity contribution in [3.63, 3.8) is 0 Å². The van der Waals surface area contributed by atoms with E-state index in [4.69, 9.17) is 10.6 Å². The second-order valence-electron chi connectivity index (χ2n) is 4.76. The lowest BCUT2D eigenvalue weighted by molar-refractivity contribution is -0.141. The molecule has 1 unspecified atom stereocenters. The van der Waals surface area contributed by atoms with Gasteiger partial charge in [-0.2, -0.15) is 18.2 Å². The van der Waals surface area contributed by atoms with E-state index >= 15 is 0 Å². The number of halogens is 3. The Bertz CT molecular complexity index is 453. The molecule has 0 aromatic carbocycles. The van der Waals surface area contributed by atoms with Crippen LogP contribution < -0.4 is 16.6 Å². The Balaban J connectivity index is 2.99. The molecule has 6 nitrogen and oxygen atoms in total. The first-order valence-electron chi connectivity index (χ1n) is 6.55. The molecule has 21 heavy (non-hydrogen) atoms. The average molecular weight is 307 g/mol. The summed E-state index contributed by atoms with van der Waals surface area (Å²) in [7, 11) is 0. The van der Waals surface area contributed by atoms with Crippen LogP contribution in [0.1, 0.15) is 26.5 Å². The Hall–Kier alpha value is -1.61. The number of alkyl halides is 3.